The normalized spacial score (nSPS) is 24.8. The molecule has 1 aromatic heterocycles. The molecule has 0 saturated carbocycles. The maximum absolute atomic E-state index is 12.3. The van der Waals surface area contributed by atoms with Crippen LogP contribution in [0, 0.1) is 0 Å². The maximum Gasteiger partial charge on any atom is 0.259 e. The third kappa shape index (κ3) is 2.45. The second-order valence-corrected chi connectivity index (χ2v) is 5.49. The summed E-state index contributed by atoms with van der Waals surface area (Å²) < 4.78 is 0. The number of carbonyl (C=O) groups is 1. The third-order valence-corrected chi connectivity index (χ3v) is 4.26. The van der Waals surface area contributed by atoms with E-state index in [0.717, 1.165) is 19.5 Å². The van der Waals surface area contributed by atoms with Crippen molar-refractivity contribution in [2.45, 2.75) is 31.7 Å². The summed E-state index contributed by atoms with van der Waals surface area (Å²) in [7, 11) is 0. The summed E-state index contributed by atoms with van der Waals surface area (Å²) in [5, 5.41) is 6.43. The highest BCUT2D eigenvalue weighted by Crippen LogP contribution is 2.22. The van der Waals surface area contributed by atoms with Crippen LogP contribution in [-0.2, 0) is 0 Å². The number of nitrogens with one attached hydrogen (secondary N) is 1. The Kier molecular flexibility index (Phi) is 3.42. The Labute approximate surface area is 112 Å². The molecule has 1 unspecified atom stereocenters. The fraction of sp³-hybridized carbons (Fsp3) is 0.692. The molecule has 6 heteroatoms. The van der Waals surface area contributed by atoms with E-state index in [4.69, 9.17) is 5.73 Å². The van der Waals surface area contributed by atoms with E-state index < -0.39 is 0 Å². The van der Waals surface area contributed by atoms with Crippen molar-refractivity contribution in [2.24, 2.45) is 0 Å². The Morgan fingerprint density at radius 2 is 2.11 bits per heavy atom. The van der Waals surface area contributed by atoms with Gasteiger partial charge in [-0.15, -0.1) is 0 Å². The first kappa shape index (κ1) is 12.5. The molecule has 0 aliphatic carbocycles. The predicted octanol–water partition coefficient (Wildman–Crippen LogP) is 0.692. The number of hydrogen-bond donors (Lipinski definition) is 2. The monoisotopic (exact) mass is 263 g/mol. The maximum atomic E-state index is 12.3. The minimum absolute atomic E-state index is 0.00533. The van der Waals surface area contributed by atoms with Crippen LogP contribution in [0.3, 0.4) is 0 Å². The number of aromatic amines is 1. The van der Waals surface area contributed by atoms with Crippen molar-refractivity contribution in [3.8, 4) is 0 Å². The molecule has 3 rings (SSSR count). The van der Waals surface area contributed by atoms with Crippen molar-refractivity contribution in [1.29, 1.82) is 0 Å². The number of nitrogens with zero attached hydrogens (tertiary/aromatic N) is 3. The number of hydrogen-bond acceptors (Lipinski definition) is 4. The van der Waals surface area contributed by atoms with E-state index in [1.165, 1.54) is 38.5 Å². The molecule has 3 heterocycles. The molecule has 2 aliphatic heterocycles. The number of amides is 1. The molecule has 0 spiro atoms. The van der Waals surface area contributed by atoms with Gasteiger partial charge in [-0.3, -0.25) is 14.8 Å². The van der Waals surface area contributed by atoms with Gasteiger partial charge in [-0.25, -0.2) is 0 Å². The summed E-state index contributed by atoms with van der Waals surface area (Å²) in [6.07, 6.45) is 6.52. The molecule has 3 N–H and O–H groups in total. The molecule has 2 saturated heterocycles. The first-order valence-electron chi connectivity index (χ1n) is 7.08. The van der Waals surface area contributed by atoms with Gasteiger partial charge in [0, 0.05) is 19.1 Å². The van der Waals surface area contributed by atoms with E-state index in [2.05, 4.69) is 15.1 Å². The van der Waals surface area contributed by atoms with Gasteiger partial charge in [-0.1, -0.05) is 6.42 Å². The lowest BCUT2D eigenvalue weighted by molar-refractivity contribution is 0.0772. The molecule has 19 heavy (non-hydrogen) atoms. The molecule has 2 aliphatic rings. The molecule has 104 valence electrons. The molecule has 1 amide bonds. The lowest BCUT2D eigenvalue weighted by atomic mass is 10.1. The number of nitrogen functional groups attached to an aromatic ring is 1. The van der Waals surface area contributed by atoms with Crippen LogP contribution in [-0.4, -0.2) is 58.1 Å². The number of aromatic nitrogens is 2. The van der Waals surface area contributed by atoms with E-state index in [9.17, 15) is 4.79 Å². The molecule has 0 radical (unpaired) electrons. The zero-order chi connectivity index (χ0) is 13.2. The Balaban J connectivity index is 1.62. The topological polar surface area (TPSA) is 78.2 Å². The minimum atomic E-state index is 0.00533. The van der Waals surface area contributed by atoms with E-state index in [1.54, 1.807) is 0 Å². The number of nitrogens with two attached hydrogens (primary N) is 1. The molecular formula is C13H21N5O. The van der Waals surface area contributed by atoms with Crippen LogP contribution in [0.25, 0.3) is 0 Å². The highest BCUT2D eigenvalue weighted by atomic mass is 16.2. The molecule has 1 aromatic rings. The van der Waals surface area contributed by atoms with Gasteiger partial charge in [0.05, 0.1) is 6.20 Å². The number of piperidine rings is 1. The average molecular weight is 263 g/mol. The van der Waals surface area contributed by atoms with Gasteiger partial charge in [-0.2, -0.15) is 5.10 Å². The van der Waals surface area contributed by atoms with Crippen molar-refractivity contribution >= 4 is 11.7 Å². The van der Waals surface area contributed by atoms with Crippen LogP contribution < -0.4 is 5.73 Å². The SMILES string of the molecule is Nc1[nH]ncc1C(=O)N1CCC(N2CCCCC2)C1. The number of anilines is 1. The zero-order valence-corrected chi connectivity index (χ0v) is 11.1. The van der Waals surface area contributed by atoms with Gasteiger partial charge in [-0.05, 0) is 32.4 Å². The van der Waals surface area contributed by atoms with Crippen molar-refractivity contribution in [1.82, 2.24) is 20.0 Å². The fourth-order valence-corrected chi connectivity index (χ4v) is 3.14. The Morgan fingerprint density at radius 3 is 2.79 bits per heavy atom. The highest BCUT2D eigenvalue weighted by molar-refractivity contribution is 5.98. The van der Waals surface area contributed by atoms with Crippen LogP contribution in [0.1, 0.15) is 36.0 Å². The number of carbonyl (C=O) groups excluding carboxylic acids is 1. The summed E-state index contributed by atoms with van der Waals surface area (Å²) in [6, 6.07) is 0.525. The average Bonchev–Trinajstić information content (AvgIpc) is 3.08. The van der Waals surface area contributed by atoms with Gasteiger partial charge in [0.2, 0.25) is 0 Å². The smallest absolute Gasteiger partial charge is 0.259 e. The fourth-order valence-electron chi connectivity index (χ4n) is 3.14. The summed E-state index contributed by atoms with van der Waals surface area (Å²) in [5.74, 6) is 0.372. The summed E-state index contributed by atoms with van der Waals surface area (Å²) in [6.45, 7) is 4.01. The standard InChI is InChI=1S/C13H21N5O/c14-12-11(8-15-16-12)13(19)18-7-4-10(9-18)17-5-2-1-3-6-17/h8,10H,1-7,9H2,(H3,14,15,16). The van der Waals surface area contributed by atoms with Crippen molar-refractivity contribution in [2.75, 3.05) is 31.9 Å². The second kappa shape index (κ2) is 5.21. The molecule has 6 nitrogen and oxygen atoms in total. The van der Waals surface area contributed by atoms with E-state index in [-0.39, 0.29) is 5.91 Å². The highest BCUT2D eigenvalue weighted by Gasteiger charge is 2.32. The lowest BCUT2D eigenvalue weighted by Gasteiger charge is -2.32. The number of likely N-dealkylation sites (tertiary alicyclic amines) is 2. The largest absolute Gasteiger partial charge is 0.383 e. The van der Waals surface area contributed by atoms with Crippen LogP contribution in [0.15, 0.2) is 6.20 Å². The molecule has 1 atom stereocenters. The van der Waals surface area contributed by atoms with Crippen LogP contribution >= 0.6 is 0 Å². The molecule has 2 fully saturated rings. The number of H-pyrrole nitrogens is 1. The van der Waals surface area contributed by atoms with Crippen LogP contribution in [0.2, 0.25) is 0 Å². The molecular weight excluding hydrogens is 242 g/mol. The Hall–Kier alpha value is -1.56. The second-order valence-electron chi connectivity index (χ2n) is 5.49. The lowest BCUT2D eigenvalue weighted by Crippen LogP contribution is -2.41. The van der Waals surface area contributed by atoms with E-state index in [0.29, 0.717) is 17.4 Å². The first-order valence-corrected chi connectivity index (χ1v) is 7.08. The quantitative estimate of drug-likeness (QED) is 0.823. The summed E-state index contributed by atoms with van der Waals surface area (Å²) in [5.41, 5.74) is 6.21. The number of rotatable bonds is 2. The predicted molar refractivity (Wildman–Crippen MR) is 72.7 cm³/mol. The third-order valence-electron chi connectivity index (χ3n) is 4.26. The first-order chi connectivity index (χ1) is 9.25. The minimum Gasteiger partial charge on any atom is -0.383 e. The van der Waals surface area contributed by atoms with Gasteiger partial charge in [0.15, 0.2) is 0 Å². The molecule has 0 aromatic carbocycles. The Morgan fingerprint density at radius 1 is 1.32 bits per heavy atom. The van der Waals surface area contributed by atoms with E-state index in [1.807, 2.05) is 4.90 Å². The van der Waals surface area contributed by atoms with E-state index >= 15 is 0 Å². The van der Waals surface area contributed by atoms with Crippen LogP contribution in [0.5, 0.6) is 0 Å². The van der Waals surface area contributed by atoms with Gasteiger partial charge < -0.3 is 10.6 Å². The summed E-state index contributed by atoms with van der Waals surface area (Å²) >= 11 is 0. The molecule has 0 bridgehead atoms. The van der Waals surface area contributed by atoms with Crippen molar-refractivity contribution in [3.63, 3.8) is 0 Å². The summed E-state index contributed by atoms with van der Waals surface area (Å²) in [4.78, 5) is 16.8. The van der Waals surface area contributed by atoms with Crippen LogP contribution in [0.4, 0.5) is 5.82 Å². The zero-order valence-electron chi connectivity index (χ0n) is 11.1. The Bertz CT molecular complexity index is 452. The van der Waals surface area contributed by atoms with Crippen molar-refractivity contribution < 1.29 is 4.79 Å². The van der Waals surface area contributed by atoms with Crippen molar-refractivity contribution in [3.05, 3.63) is 11.8 Å². The van der Waals surface area contributed by atoms with Gasteiger partial charge >= 0.3 is 0 Å². The van der Waals surface area contributed by atoms with Gasteiger partial charge in [0.25, 0.3) is 5.91 Å². The van der Waals surface area contributed by atoms with Gasteiger partial charge in [0.1, 0.15) is 11.4 Å².